The monoisotopic (exact) mass is 658 g/mol. The molecule has 0 atom stereocenters. The molecule has 0 aromatic heterocycles. The maximum atomic E-state index is 13.7. The largest absolute Gasteiger partial charge is 0.494 e. The van der Waals surface area contributed by atoms with Crippen LogP contribution >= 0.6 is 0 Å². The van der Waals surface area contributed by atoms with Crippen LogP contribution in [0.25, 0.3) is 0 Å². The average Bonchev–Trinajstić information content (AvgIpc) is 3.12. The van der Waals surface area contributed by atoms with Crippen molar-refractivity contribution < 1.29 is 28.7 Å². The van der Waals surface area contributed by atoms with Gasteiger partial charge in [0.25, 0.3) is 23.6 Å². The highest BCUT2D eigenvalue weighted by molar-refractivity contribution is 6.12. The molecule has 4 amide bonds. The number of unbranched alkanes of at least 4 members (excludes halogenated alkanes) is 10. The number of hydrazine groups is 2. The molecule has 0 aliphatic heterocycles. The van der Waals surface area contributed by atoms with Crippen LogP contribution in [0.1, 0.15) is 132 Å². The van der Waals surface area contributed by atoms with E-state index in [0.717, 1.165) is 25.7 Å². The molecule has 0 bridgehead atoms. The summed E-state index contributed by atoms with van der Waals surface area (Å²) >= 11 is 0. The summed E-state index contributed by atoms with van der Waals surface area (Å²) in [6.45, 7) is 5.54. The molecule has 48 heavy (non-hydrogen) atoms. The Kier molecular flexibility index (Phi) is 16.7. The van der Waals surface area contributed by atoms with Crippen LogP contribution in [0.4, 0.5) is 0 Å². The van der Waals surface area contributed by atoms with Crippen molar-refractivity contribution in [1.29, 1.82) is 0 Å². The summed E-state index contributed by atoms with van der Waals surface area (Å²) in [5, 5.41) is 0.676. The molecule has 0 spiro atoms. The number of benzene rings is 3. The topological polar surface area (TPSA) is 140 Å². The van der Waals surface area contributed by atoms with Crippen LogP contribution < -0.4 is 26.2 Å². The summed E-state index contributed by atoms with van der Waals surface area (Å²) < 4.78 is 11.7. The van der Waals surface area contributed by atoms with Crippen molar-refractivity contribution in [2.24, 2.45) is 5.84 Å². The number of carbonyl (C=O) groups is 4. The van der Waals surface area contributed by atoms with Crippen LogP contribution in [-0.2, 0) is 0 Å². The second-order valence-electron chi connectivity index (χ2n) is 11.7. The molecule has 0 unspecified atom stereocenters. The van der Waals surface area contributed by atoms with Gasteiger partial charge in [-0.25, -0.2) is 5.84 Å². The van der Waals surface area contributed by atoms with E-state index in [4.69, 9.17) is 15.3 Å². The van der Waals surface area contributed by atoms with Crippen LogP contribution in [0.5, 0.6) is 11.5 Å². The van der Waals surface area contributed by atoms with E-state index in [1.807, 2.05) is 5.43 Å². The molecule has 3 aromatic carbocycles. The number of nitrogens with one attached hydrogen (secondary N) is 2. The van der Waals surface area contributed by atoms with Gasteiger partial charge in [-0.3, -0.25) is 30.0 Å². The van der Waals surface area contributed by atoms with Crippen LogP contribution in [0.3, 0.4) is 0 Å². The summed E-state index contributed by atoms with van der Waals surface area (Å²) in [6.07, 6.45) is 13.8. The molecule has 0 saturated heterocycles. The molecule has 0 fully saturated rings. The number of carbonyl (C=O) groups excluding carboxylic acids is 4. The molecular formula is C38H50N4O6. The molecule has 0 saturated carbocycles. The summed E-state index contributed by atoms with van der Waals surface area (Å²) in [5.41, 5.74) is 5.22. The maximum Gasteiger partial charge on any atom is 0.279 e. The van der Waals surface area contributed by atoms with Gasteiger partial charge in [-0.05, 0) is 85.6 Å². The lowest BCUT2D eigenvalue weighted by molar-refractivity contribution is 0.0483. The molecule has 3 aromatic rings. The number of nitrogens with two attached hydrogens (primary N) is 1. The minimum atomic E-state index is -0.782. The minimum absolute atomic E-state index is 0.0783. The van der Waals surface area contributed by atoms with E-state index in [2.05, 4.69) is 19.3 Å². The van der Waals surface area contributed by atoms with E-state index in [1.165, 1.54) is 75.6 Å². The number of imide groups is 1. The lowest BCUT2D eigenvalue weighted by atomic mass is 10.1. The number of hydrogen-bond donors (Lipinski definition) is 3. The van der Waals surface area contributed by atoms with E-state index in [0.29, 0.717) is 29.7 Å². The van der Waals surface area contributed by atoms with Gasteiger partial charge in [-0.2, -0.15) is 5.01 Å². The first-order valence-corrected chi connectivity index (χ1v) is 17.1. The fourth-order valence-electron chi connectivity index (χ4n) is 5.01. The highest BCUT2D eigenvalue weighted by Crippen LogP contribution is 2.18. The number of amides is 4. The molecule has 0 radical (unpaired) electrons. The zero-order valence-corrected chi connectivity index (χ0v) is 28.3. The molecule has 0 heterocycles. The molecular weight excluding hydrogens is 608 g/mol. The fourth-order valence-corrected chi connectivity index (χ4v) is 5.01. The molecule has 3 rings (SSSR count). The van der Waals surface area contributed by atoms with Crippen molar-refractivity contribution in [3.63, 3.8) is 0 Å². The first kappa shape index (κ1) is 37.8. The predicted molar refractivity (Wildman–Crippen MR) is 187 cm³/mol. The molecule has 10 nitrogen and oxygen atoms in total. The van der Waals surface area contributed by atoms with Crippen LogP contribution in [0.15, 0.2) is 72.8 Å². The third-order valence-corrected chi connectivity index (χ3v) is 7.90. The molecule has 10 heteroatoms. The quantitative estimate of drug-likeness (QED) is 0.0378. The van der Waals surface area contributed by atoms with Crippen molar-refractivity contribution in [3.8, 4) is 11.5 Å². The molecule has 0 aliphatic rings. The molecule has 0 aliphatic carbocycles. The highest BCUT2D eigenvalue weighted by Gasteiger charge is 2.27. The Bertz CT molecular complexity index is 1430. The van der Waals surface area contributed by atoms with E-state index in [1.54, 1.807) is 48.5 Å². The van der Waals surface area contributed by atoms with E-state index < -0.39 is 23.6 Å². The Morgan fingerprint density at radius 3 is 1.31 bits per heavy atom. The van der Waals surface area contributed by atoms with Crippen molar-refractivity contribution >= 4 is 23.6 Å². The van der Waals surface area contributed by atoms with Gasteiger partial charge in [-0.15, -0.1) is 0 Å². The van der Waals surface area contributed by atoms with Crippen molar-refractivity contribution in [2.75, 3.05) is 13.2 Å². The van der Waals surface area contributed by atoms with Crippen LogP contribution in [-0.4, -0.2) is 41.9 Å². The SMILES string of the molecule is CCCCCCCCOc1ccc(C(=O)NN(C(=O)c2ccc(OCCCCCCCC)cc2)C(=O)c2ccc(C(=O)NN)cc2)cc1. The number of nitrogen functional groups attached to an aromatic ring is 1. The van der Waals surface area contributed by atoms with E-state index >= 15 is 0 Å². The van der Waals surface area contributed by atoms with Crippen molar-refractivity contribution in [1.82, 2.24) is 15.9 Å². The van der Waals surface area contributed by atoms with Crippen molar-refractivity contribution in [3.05, 3.63) is 95.1 Å². The van der Waals surface area contributed by atoms with Crippen LogP contribution in [0.2, 0.25) is 0 Å². The van der Waals surface area contributed by atoms with Gasteiger partial charge in [0.15, 0.2) is 0 Å². The number of hydrogen-bond acceptors (Lipinski definition) is 7. The van der Waals surface area contributed by atoms with Crippen molar-refractivity contribution in [2.45, 2.75) is 90.9 Å². The second kappa shape index (κ2) is 21.2. The maximum absolute atomic E-state index is 13.7. The molecule has 4 N–H and O–H groups in total. The second-order valence-corrected chi connectivity index (χ2v) is 11.7. The Morgan fingerprint density at radius 2 is 0.875 bits per heavy atom. The lowest BCUT2D eigenvalue weighted by Crippen LogP contribution is -2.49. The third-order valence-electron chi connectivity index (χ3n) is 7.90. The Morgan fingerprint density at radius 1 is 0.521 bits per heavy atom. The summed E-state index contributed by atoms with van der Waals surface area (Å²) in [7, 11) is 0. The number of ether oxygens (including phenoxy) is 2. The predicted octanol–water partition coefficient (Wildman–Crippen LogP) is 7.40. The zero-order chi connectivity index (χ0) is 34.6. The fraction of sp³-hybridized carbons (Fsp3) is 0.421. The van der Waals surface area contributed by atoms with E-state index in [9.17, 15) is 19.2 Å². The van der Waals surface area contributed by atoms with Gasteiger partial charge in [0.1, 0.15) is 11.5 Å². The Labute approximate surface area is 284 Å². The van der Waals surface area contributed by atoms with E-state index in [-0.39, 0.29) is 22.3 Å². The summed E-state index contributed by atoms with van der Waals surface area (Å²) in [4.78, 5) is 52.5. The Hall–Kier alpha value is -4.70. The summed E-state index contributed by atoms with van der Waals surface area (Å²) in [6, 6.07) is 18.5. The van der Waals surface area contributed by atoms with Gasteiger partial charge >= 0.3 is 0 Å². The molecule has 258 valence electrons. The Balaban J connectivity index is 1.68. The first-order valence-electron chi connectivity index (χ1n) is 17.1. The normalized spacial score (nSPS) is 10.6. The zero-order valence-electron chi connectivity index (χ0n) is 28.3. The lowest BCUT2D eigenvalue weighted by Gasteiger charge is -2.22. The number of nitrogens with zero attached hydrogens (tertiary/aromatic N) is 1. The highest BCUT2D eigenvalue weighted by atomic mass is 16.5. The first-order chi connectivity index (χ1) is 23.4. The number of rotatable bonds is 20. The van der Waals surface area contributed by atoms with Crippen LogP contribution in [0, 0.1) is 0 Å². The smallest absolute Gasteiger partial charge is 0.279 e. The van der Waals surface area contributed by atoms with Gasteiger partial charge in [0.2, 0.25) is 0 Å². The standard InChI is InChI=1S/C38H50N4O6/c1-3-5-7-9-11-13-27-47-33-23-19-30(20-24-33)36(44)41-42(37(45)31-17-15-29(16-18-31)35(43)40-39)38(46)32-21-25-34(26-22-32)48-28-14-12-10-8-6-4-2/h15-26H,3-14,27-28,39H2,1-2H3,(H,40,43)(H,41,44). The van der Waals surface area contributed by atoms with Gasteiger partial charge < -0.3 is 9.47 Å². The van der Waals surface area contributed by atoms with Gasteiger partial charge in [0.05, 0.1) is 13.2 Å². The minimum Gasteiger partial charge on any atom is -0.494 e. The third kappa shape index (κ3) is 12.5. The summed E-state index contributed by atoms with van der Waals surface area (Å²) in [5.74, 6) is 3.73. The average molecular weight is 659 g/mol. The van der Waals surface area contributed by atoms with Gasteiger partial charge in [0, 0.05) is 22.3 Å². The van der Waals surface area contributed by atoms with Gasteiger partial charge in [-0.1, -0.05) is 78.1 Å².